The number of fused-ring (bicyclic) bond motifs is 1. The summed E-state index contributed by atoms with van der Waals surface area (Å²) in [5, 5.41) is 4.91. The first-order valence-corrected chi connectivity index (χ1v) is 11.2. The van der Waals surface area contributed by atoms with E-state index in [0.717, 1.165) is 44.9 Å². The summed E-state index contributed by atoms with van der Waals surface area (Å²) in [6, 6.07) is 16.3. The predicted octanol–water partition coefficient (Wildman–Crippen LogP) is 7.00. The summed E-state index contributed by atoms with van der Waals surface area (Å²) in [4.78, 5) is 12.8. The van der Waals surface area contributed by atoms with Crippen LogP contribution in [0.15, 0.2) is 66.3 Å². The molecule has 0 bridgehead atoms. The number of nitrogens with one attached hydrogen (secondary N) is 1. The van der Waals surface area contributed by atoms with Gasteiger partial charge >= 0.3 is 0 Å². The van der Waals surface area contributed by atoms with Gasteiger partial charge in [0, 0.05) is 22.0 Å². The van der Waals surface area contributed by atoms with Gasteiger partial charge in [-0.25, -0.2) is 9.97 Å². The van der Waals surface area contributed by atoms with Crippen LogP contribution in [-0.2, 0) is 6.42 Å². The highest BCUT2D eigenvalue weighted by molar-refractivity contribution is 7.12. The molecule has 4 nitrogen and oxygen atoms in total. The lowest BCUT2D eigenvalue weighted by Crippen LogP contribution is -1.93. The van der Waals surface area contributed by atoms with Crippen molar-refractivity contribution >= 4 is 33.8 Å². The van der Waals surface area contributed by atoms with E-state index in [0.29, 0.717) is 5.92 Å². The molecular weight excluding hydrogens is 412 g/mol. The minimum Gasteiger partial charge on any atom is -0.337 e. The van der Waals surface area contributed by atoms with E-state index in [4.69, 9.17) is 16.6 Å². The van der Waals surface area contributed by atoms with Gasteiger partial charge in [0.15, 0.2) is 11.0 Å². The van der Waals surface area contributed by atoms with Crippen LogP contribution in [0.3, 0.4) is 0 Å². The Hall–Kier alpha value is -2.89. The second kappa shape index (κ2) is 7.74. The summed E-state index contributed by atoms with van der Waals surface area (Å²) in [6.45, 7) is 4.48. The maximum Gasteiger partial charge on any atom is 0.194 e. The van der Waals surface area contributed by atoms with E-state index in [1.807, 2.05) is 41.9 Å². The third kappa shape index (κ3) is 3.55. The van der Waals surface area contributed by atoms with Gasteiger partial charge in [0.05, 0.1) is 17.4 Å². The molecule has 6 heteroatoms. The van der Waals surface area contributed by atoms with Gasteiger partial charge in [0.2, 0.25) is 0 Å². The quantitative estimate of drug-likeness (QED) is 0.325. The highest BCUT2D eigenvalue weighted by atomic mass is 35.5. The second-order valence-corrected chi connectivity index (χ2v) is 9.08. The Labute approximate surface area is 184 Å². The molecule has 0 fully saturated rings. The van der Waals surface area contributed by atoms with Gasteiger partial charge in [-0.2, -0.15) is 0 Å². The van der Waals surface area contributed by atoms with Gasteiger partial charge in [-0.15, -0.1) is 11.3 Å². The van der Waals surface area contributed by atoms with Crippen LogP contribution in [0.2, 0.25) is 5.02 Å². The maximum atomic E-state index is 6.31. The SMILES string of the molecule is CC(C)Cc1cn(-c2nc(-c3ncc(-c4ccccc4)[nH]3)cs2)c2cc(Cl)ccc12. The van der Waals surface area contributed by atoms with Crippen molar-refractivity contribution in [3.8, 4) is 27.9 Å². The standard InChI is InChI=1S/C24H21ClN4S/c1-15(2)10-17-13-29(22-11-18(25)8-9-19(17)22)24-28-21(14-30-24)23-26-12-20(27-23)16-6-4-3-5-7-16/h3-9,11-15H,10H2,1-2H3,(H,26,27). The maximum absolute atomic E-state index is 6.31. The van der Waals surface area contributed by atoms with Crippen LogP contribution in [0.4, 0.5) is 0 Å². The average molecular weight is 433 g/mol. The molecule has 5 rings (SSSR count). The Morgan fingerprint density at radius 3 is 2.77 bits per heavy atom. The number of thiazole rings is 1. The van der Waals surface area contributed by atoms with Crippen molar-refractivity contribution in [3.05, 3.63) is 76.9 Å². The average Bonchev–Trinajstić information content (AvgIpc) is 3.46. The monoisotopic (exact) mass is 432 g/mol. The summed E-state index contributed by atoms with van der Waals surface area (Å²) < 4.78 is 2.15. The van der Waals surface area contributed by atoms with Crippen LogP contribution in [0.1, 0.15) is 19.4 Å². The molecule has 150 valence electrons. The zero-order valence-corrected chi connectivity index (χ0v) is 18.3. The molecule has 3 heterocycles. The Morgan fingerprint density at radius 1 is 1.13 bits per heavy atom. The number of halogens is 1. The third-order valence-electron chi connectivity index (χ3n) is 5.08. The van der Waals surface area contributed by atoms with Crippen molar-refractivity contribution in [3.63, 3.8) is 0 Å². The van der Waals surface area contributed by atoms with Gasteiger partial charge < -0.3 is 4.98 Å². The van der Waals surface area contributed by atoms with Gasteiger partial charge in [0.1, 0.15) is 5.69 Å². The van der Waals surface area contributed by atoms with Crippen LogP contribution in [0.25, 0.3) is 38.8 Å². The summed E-state index contributed by atoms with van der Waals surface area (Å²) in [5.74, 6) is 1.35. The molecule has 0 atom stereocenters. The molecule has 0 aliphatic heterocycles. The van der Waals surface area contributed by atoms with Crippen LogP contribution in [0, 0.1) is 5.92 Å². The summed E-state index contributed by atoms with van der Waals surface area (Å²) in [6.07, 6.45) is 5.07. The molecule has 0 amide bonds. The number of hydrogen-bond acceptors (Lipinski definition) is 3. The molecule has 1 N–H and O–H groups in total. The van der Waals surface area contributed by atoms with Crippen molar-refractivity contribution in [1.29, 1.82) is 0 Å². The van der Waals surface area contributed by atoms with E-state index in [9.17, 15) is 0 Å². The highest BCUT2D eigenvalue weighted by Gasteiger charge is 2.15. The van der Waals surface area contributed by atoms with Crippen LogP contribution < -0.4 is 0 Å². The zero-order chi connectivity index (χ0) is 20.7. The number of rotatable bonds is 5. The van der Waals surface area contributed by atoms with E-state index < -0.39 is 0 Å². The molecular formula is C24H21ClN4S. The predicted molar refractivity (Wildman–Crippen MR) is 126 cm³/mol. The normalized spacial score (nSPS) is 11.6. The first-order chi connectivity index (χ1) is 14.6. The fourth-order valence-electron chi connectivity index (χ4n) is 3.73. The first kappa shape index (κ1) is 19.1. The zero-order valence-electron chi connectivity index (χ0n) is 16.8. The Balaban J connectivity index is 1.54. The first-order valence-electron chi connectivity index (χ1n) is 9.94. The number of aromatic nitrogens is 4. The minimum absolute atomic E-state index is 0.575. The number of benzene rings is 2. The molecule has 0 spiro atoms. The van der Waals surface area contributed by atoms with Gasteiger partial charge in [-0.3, -0.25) is 4.57 Å². The molecule has 0 aliphatic rings. The minimum atomic E-state index is 0.575. The number of H-pyrrole nitrogens is 1. The summed E-state index contributed by atoms with van der Waals surface area (Å²) >= 11 is 7.91. The van der Waals surface area contributed by atoms with Gasteiger partial charge in [0.25, 0.3) is 0 Å². The van der Waals surface area contributed by atoms with Crippen molar-refractivity contribution in [2.24, 2.45) is 5.92 Å². The van der Waals surface area contributed by atoms with E-state index in [1.54, 1.807) is 11.3 Å². The second-order valence-electron chi connectivity index (χ2n) is 7.81. The molecule has 0 saturated carbocycles. The molecule has 2 aromatic carbocycles. The van der Waals surface area contributed by atoms with Gasteiger partial charge in [-0.05, 0) is 35.6 Å². The Kier molecular flexibility index (Phi) is 4.93. The van der Waals surface area contributed by atoms with E-state index in [2.05, 4.69) is 52.8 Å². The summed E-state index contributed by atoms with van der Waals surface area (Å²) in [5.41, 5.74) is 5.33. The number of imidazole rings is 1. The number of hydrogen-bond donors (Lipinski definition) is 1. The van der Waals surface area contributed by atoms with Crippen LogP contribution >= 0.6 is 22.9 Å². The van der Waals surface area contributed by atoms with Crippen molar-refractivity contribution in [2.75, 3.05) is 0 Å². The Bertz CT molecular complexity index is 1310. The van der Waals surface area contributed by atoms with E-state index in [-0.39, 0.29) is 0 Å². The third-order valence-corrected chi connectivity index (χ3v) is 6.15. The lowest BCUT2D eigenvalue weighted by atomic mass is 10.0. The lowest BCUT2D eigenvalue weighted by Gasteiger charge is -2.02. The molecule has 0 unspecified atom stereocenters. The largest absolute Gasteiger partial charge is 0.337 e. The number of aromatic amines is 1. The fourth-order valence-corrected chi connectivity index (χ4v) is 4.69. The van der Waals surface area contributed by atoms with Crippen LogP contribution in [0.5, 0.6) is 0 Å². The van der Waals surface area contributed by atoms with E-state index >= 15 is 0 Å². The summed E-state index contributed by atoms with van der Waals surface area (Å²) in [7, 11) is 0. The lowest BCUT2D eigenvalue weighted by molar-refractivity contribution is 0.649. The van der Waals surface area contributed by atoms with Crippen molar-refractivity contribution in [1.82, 2.24) is 19.5 Å². The molecule has 0 aliphatic carbocycles. The van der Waals surface area contributed by atoms with E-state index in [1.165, 1.54) is 10.9 Å². The van der Waals surface area contributed by atoms with Crippen molar-refractivity contribution in [2.45, 2.75) is 20.3 Å². The van der Waals surface area contributed by atoms with Gasteiger partial charge in [-0.1, -0.05) is 61.8 Å². The number of nitrogens with zero attached hydrogens (tertiary/aromatic N) is 3. The Morgan fingerprint density at radius 2 is 1.97 bits per heavy atom. The fraction of sp³-hybridized carbons (Fsp3) is 0.167. The highest BCUT2D eigenvalue weighted by Crippen LogP contribution is 2.32. The molecule has 0 saturated heterocycles. The smallest absolute Gasteiger partial charge is 0.194 e. The van der Waals surface area contributed by atoms with Crippen molar-refractivity contribution < 1.29 is 0 Å². The molecule has 0 radical (unpaired) electrons. The van der Waals surface area contributed by atoms with Crippen LogP contribution in [-0.4, -0.2) is 19.5 Å². The molecule has 5 aromatic rings. The molecule has 30 heavy (non-hydrogen) atoms. The topological polar surface area (TPSA) is 46.5 Å². The molecule has 3 aromatic heterocycles.